The van der Waals surface area contributed by atoms with Gasteiger partial charge in [0.05, 0.1) is 6.04 Å². The Morgan fingerprint density at radius 1 is 1.16 bits per heavy atom. The number of thioether (sulfide) groups is 1. The average molecular weight is 270 g/mol. The minimum atomic E-state index is 0.178. The zero-order valence-electron chi connectivity index (χ0n) is 11.0. The van der Waals surface area contributed by atoms with Crippen LogP contribution in [0.1, 0.15) is 28.7 Å². The van der Waals surface area contributed by atoms with Crippen molar-refractivity contribution in [2.24, 2.45) is 5.84 Å². The van der Waals surface area contributed by atoms with Crippen LogP contribution in [0.5, 0.6) is 0 Å². The van der Waals surface area contributed by atoms with Crippen molar-refractivity contribution in [1.82, 2.24) is 5.43 Å². The summed E-state index contributed by atoms with van der Waals surface area (Å²) in [4.78, 5) is 1.39. The van der Waals surface area contributed by atoms with Crippen LogP contribution in [-0.4, -0.2) is 5.75 Å². The highest BCUT2D eigenvalue weighted by Gasteiger charge is 2.30. The first-order valence-corrected chi connectivity index (χ1v) is 7.52. The van der Waals surface area contributed by atoms with Gasteiger partial charge in [-0.2, -0.15) is 0 Å². The van der Waals surface area contributed by atoms with Gasteiger partial charge < -0.3 is 0 Å². The van der Waals surface area contributed by atoms with Crippen LogP contribution < -0.4 is 11.3 Å². The fraction of sp³-hybridized carbons (Fsp3) is 0.250. The minimum absolute atomic E-state index is 0.178. The summed E-state index contributed by atoms with van der Waals surface area (Å²) in [6.45, 7) is 2.11. The highest BCUT2D eigenvalue weighted by molar-refractivity contribution is 7.99. The van der Waals surface area contributed by atoms with E-state index in [0.29, 0.717) is 5.92 Å². The van der Waals surface area contributed by atoms with Crippen molar-refractivity contribution in [3.63, 3.8) is 0 Å². The molecule has 1 aliphatic rings. The highest BCUT2D eigenvalue weighted by atomic mass is 32.2. The predicted octanol–water partition coefficient (Wildman–Crippen LogP) is 3.39. The largest absolute Gasteiger partial charge is 0.271 e. The van der Waals surface area contributed by atoms with Crippen LogP contribution >= 0.6 is 11.8 Å². The zero-order chi connectivity index (χ0) is 13.2. The monoisotopic (exact) mass is 270 g/mol. The molecule has 1 aliphatic heterocycles. The van der Waals surface area contributed by atoms with Gasteiger partial charge in [-0.05, 0) is 24.1 Å². The van der Waals surface area contributed by atoms with Crippen LogP contribution in [0.4, 0.5) is 0 Å². The van der Waals surface area contributed by atoms with Crippen molar-refractivity contribution in [2.45, 2.75) is 23.8 Å². The van der Waals surface area contributed by atoms with E-state index < -0.39 is 0 Å². The van der Waals surface area contributed by atoms with Crippen molar-refractivity contribution in [2.75, 3.05) is 5.75 Å². The molecular weight excluding hydrogens is 252 g/mol. The summed E-state index contributed by atoms with van der Waals surface area (Å²) in [5.74, 6) is 7.34. The highest BCUT2D eigenvalue weighted by Crippen LogP contribution is 2.45. The Morgan fingerprint density at radius 3 is 2.63 bits per heavy atom. The van der Waals surface area contributed by atoms with E-state index in [4.69, 9.17) is 5.84 Å². The van der Waals surface area contributed by atoms with Crippen molar-refractivity contribution >= 4 is 11.8 Å². The second kappa shape index (κ2) is 5.37. The molecule has 2 nitrogen and oxygen atoms in total. The quantitative estimate of drug-likeness (QED) is 0.663. The van der Waals surface area contributed by atoms with E-state index in [9.17, 15) is 0 Å². The summed E-state index contributed by atoms with van der Waals surface area (Å²) >= 11 is 1.92. The van der Waals surface area contributed by atoms with Crippen LogP contribution in [0, 0.1) is 6.92 Å². The molecule has 3 rings (SSSR count). The Bertz CT molecular complexity index is 565. The van der Waals surface area contributed by atoms with Gasteiger partial charge in [0.2, 0.25) is 0 Å². The maximum atomic E-state index is 5.82. The zero-order valence-corrected chi connectivity index (χ0v) is 11.8. The maximum Gasteiger partial charge on any atom is 0.0536 e. The molecule has 19 heavy (non-hydrogen) atoms. The molecule has 0 fully saturated rings. The Hall–Kier alpha value is -1.29. The number of hydrogen-bond donors (Lipinski definition) is 2. The van der Waals surface area contributed by atoms with E-state index in [-0.39, 0.29) is 6.04 Å². The van der Waals surface area contributed by atoms with Gasteiger partial charge in [-0.25, -0.2) is 0 Å². The van der Waals surface area contributed by atoms with Crippen LogP contribution in [0.2, 0.25) is 0 Å². The van der Waals surface area contributed by atoms with Gasteiger partial charge in [0.1, 0.15) is 0 Å². The Labute approximate surface area is 118 Å². The van der Waals surface area contributed by atoms with Crippen LogP contribution in [0.3, 0.4) is 0 Å². The average Bonchev–Trinajstić information content (AvgIpc) is 2.86. The molecule has 0 spiro atoms. The number of hydrazine groups is 1. The van der Waals surface area contributed by atoms with Crippen LogP contribution in [-0.2, 0) is 0 Å². The number of fused-ring (bicyclic) bond motifs is 1. The molecule has 0 aliphatic carbocycles. The minimum Gasteiger partial charge on any atom is -0.271 e. The number of nitrogens with two attached hydrogens (primary N) is 1. The molecule has 0 aromatic heterocycles. The third-order valence-corrected chi connectivity index (χ3v) is 4.96. The molecule has 2 atom stereocenters. The lowest BCUT2D eigenvalue weighted by molar-refractivity contribution is 0.485. The Morgan fingerprint density at radius 2 is 1.89 bits per heavy atom. The van der Waals surface area contributed by atoms with Gasteiger partial charge in [-0.3, -0.25) is 11.3 Å². The second-order valence-electron chi connectivity index (χ2n) is 5.01. The summed E-state index contributed by atoms with van der Waals surface area (Å²) in [6.07, 6.45) is 0. The number of aryl methyl sites for hydroxylation is 1. The van der Waals surface area contributed by atoms with E-state index in [1.807, 2.05) is 11.8 Å². The summed E-state index contributed by atoms with van der Waals surface area (Å²) < 4.78 is 0. The van der Waals surface area contributed by atoms with Crippen molar-refractivity contribution in [3.05, 3.63) is 65.2 Å². The smallest absolute Gasteiger partial charge is 0.0536 e. The molecule has 0 saturated carbocycles. The van der Waals surface area contributed by atoms with Gasteiger partial charge in [0.25, 0.3) is 0 Å². The molecule has 2 aromatic carbocycles. The third kappa shape index (κ3) is 2.41. The Balaban J connectivity index is 1.94. The summed E-state index contributed by atoms with van der Waals surface area (Å²) in [7, 11) is 0. The first-order valence-electron chi connectivity index (χ1n) is 6.54. The van der Waals surface area contributed by atoms with E-state index >= 15 is 0 Å². The van der Waals surface area contributed by atoms with Gasteiger partial charge in [-0.1, -0.05) is 48.0 Å². The molecule has 2 aromatic rings. The molecule has 3 N–H and O–H groups in total. The van der Waals surface area contributed by atoms with Crippen LogP contribution in [0.15, 0.2) is 53.4 Å². The molecule has 0 radical (unpaired) electrons. The predicted molar refractivity (Wildman–Crippen MR) is 81.2 cm³/mol. The van der Waals surface area contributed by atoms with Crippen molar-refractivity contribution in [3.8, 4) is 0 Å². The number of rotatable bonds is 3. The third-order valence-electron chi connectivity index (χ3n) is 3.76. The lowest BCUT2D eigenvalue weighted by atomic mass is 9.89. The molecule has 2 unspecified atom stereocenters. The number of hydrogen-bond acceptors (Lipinski definition) is 3. The van der Waals surface area contributed by atoms with Crippen molar-refractivity contribution in [1.29, 1.82) is 0 Å². The standard InChI is InChI=1S/C16H18N2S/c1-11-6-8-12(9-7-11)16(18-17)14-10-19-15-5-3-2-4-13(14)15/h2-9,14,16,18H,10,17H2,1H3. The SMILES string of the molecule is Cc1ccc(C(NN)C2CSc3ccccc32)cc1. The van der Waals surface area contributed by atoms with Crippen LogP contribution in [0.25, 0.3) is 0 Å². The van der Waals surface area contributed by atoms with Gasteiger partial charge in [0.15, 0.2) is 0 Å². The van der Waals surface area contributed by atoms with Crippen molar-refractivity contribution < 1.29 is 0 Å². The lowest BCUT2D eigenvalue weighted by Crippen LogP contribution is -2.32. The fourth-order valence-electron chi connectivity index (χ4n) is 2.68. The van der Waals surface area contributed by atoms with Gasteiger partial charge in [0, 0.05) is 16.6 Å². The molecule has 0 saturated heterocycles. The normalized spacial score (nSPS) is 19.2. The first-order chi connectivity index (χ1) is 9.29. The molecule has 0 bridgehead atoms. The summed E-state index contributed by atoms with van der Waals surface area (Å²) in [5.41, 5.74) is 6.96. The maximum absolute atomic E-state index is 5.82. The summed E-state index contributed by atoms with van der Waals surface area (Å²) in [6, 6.07) is 17.4. The first kappa shape index (κ1) is 12.7. The Kier molecular flexibility index (Phi) is 3.60. The van der Waals surface area contributed by atoms with Gasteiger partial charge in [-0.15, -0.1) is 11.8 Å². The molecule has 1 heterocycles. The molecular formula is C16H18N2S. The molecule has 0 amide bonds. The fourth-order valence-corrected chi connectivity index (χ4v) is 3.97. The van der Waals surface area contributed by atoms with E-state index in [2.05, 4.69) is 60.9 Å². The second-order valence-corrected chi connectivity index (χ2v) is 6.07. The van der Waals surface area contributed by atoms with E-state index in [0.717, 1.165) is 5.75 Å². The lowest BCUT2D eigenvalue weighted by Gasteiger charge is -2.23. The summed E-state index contributed by atoms with van der Waals surface area (Å²) in [5, 5.41) is 0. The number of benzene rings is 2. The molecule has 98 valence electrons. The number of nitrogens with one attached hydrogen (secondary N) is 1. The van der Waals surface area contributed by atoms with E-state index in [1.54, 1.807) is 0 Å². The van der Waals surface area contributed by atoms with Gasteiger partial charge >= 0.3 is 0 Å². The topological polar surface area (TPSA) is 38.0 Å². The van der Waals surface area contributed by atoms with E-state index in [1.165, 1.54) is 21.6 Å². The molecule has 3 heteroatoms.